The van der Waals surface area contributed by atoms with E-state index in [0.29, 0.717) is 25.6 Å². The van der Waals surface area contributed by atoms with Gasteiger partial charge >= 0.3 is 0 Å². The number of sulfonamides is 1. The van der Waals surface area contributed by atoms with Gasteiger partial charge in [0, 0.05) is 39.0 Å². The molecule has 0 fully saturated rings. The maximum atomic E-state index is 12.4. The molecular weight excluding hydrogens is 278 g/mol. The lowest BCUT2D eigenvalue weighted by atomic mass is 10.4. The van der Waals surface area contributed by atoms with Crippen LogP contribution >= 0.6 is 0 Å². The molecule has 1 aromatic heterocycles. The predicted molar refractivity (Wildman–Crippen MR) is 79.3 cm³/mol. The summed E-state index contributed by atoms with van der Waals surface area (Å²) >= 11 is 0. The van der Waals surface area contributed by atoms with Gasteiger partial charge in [-0.05, 0) is 19.4 Å². The van der Waals surface area contributed by atoms with Gasteiger partial charge in [-0.1, -0.05) is 6.92 Å². The molecule has 20 heavy (non-hydrogen) atoms. The molecule has 0 aromatic carbocycles. The smallest absolute Gasteiger partial charge is 0.243 e. The van der Waals surface area contributed by atoms with Crippen molar-refractivity contribution in [3.8, 4) is 0 Å². The number of hydrogen-bond donors (Lipinski definition) is 1. The quantitative estimate of drug-likeness (QED) is 0.701. The Bertz CT molecular complexity index is 505. The van der Waals surface area contributed by atoms with Crippen LogP contribution in [0.5, 0.6) is 0 Å². The summed E-state index contributed by atoms with van der Waals surface area (Å²) in [5.74, 6) is 0.575. The minimum absolute atomic E-state index is 0.241. The largest absolute Gasteiger partial charge is 0.380 e. The topological polar surface area (TPSA) is 71.5 Å². The Hall–Kier alpha value is -1.18. The lowest BCUT2D eigenvalue weighted by Gasteiger charge is -2.17. The van der Waals surface area contributed by atoms with E-state index in [4.69, 9.17) is 4.74 Å². The number of hydrogen-bond acceptors (Lipinski definition) is 5. The second-order valence-corrected chi connectivity index (χ2v) is 6.37. The van der Waals surface area contributed by atoms with Gasteiger partial charge in [-0.15, -0.1) is 0 Å². The summed E-state index contributed by atoms with van der Waals surface area (Å²) in [4.78, 5) is 4.35. The fourth-order valence-electron chi connectivity index (χ4n) is 1.56. The van der Waals surface area contributed by atoms with Gasteiger partial charge in [0.05, 0.1) is 11.5 Å². The summed E-state index contributed by atoms with van der Waals surface area (Å²) in [5, 5.41) is 3.08. The molecule has 1 aromatic rings. The number of rotatable bonds is 9. The van der Waals surface area contributed by atoms with Crippen LogP contribution < -0.4 is 5.32 Å². The molecule has 0 saturated heterocycles. The summed E-state index contributed by atoms with van der Waals surface area (Å²) in [7, 11) is -1.94. The van der Waals surface area contributed by atoms with Crippen molar-refractivity contribution in [3.63, 3.8) is 0 Å². The average molecular weight is 301 g/mol. The SMILES string of the molecule is CCCNc1cc(S(=O)(=O)N(C)CCOCC)ccn1. The Morgan fingerprint density at radius 1 is 1.40 bits per heavy atom. The van der Waals surface area contributed by atoms with Gasteiger partial charge in [0.25, 0.3) is 0 Å². The van der Waals surface area contributed by atoms with Crippen LogP contribution in [-0.4, -0.2) is 51.1 Å². The van der Waals surface area contributed by atoms with Crippen molar-refractivity contribution in [1.29, 1.82) is 0 Å². The summed E-state index contributed by atoms with van der Waals surface area (Å²) in [6.45, 7) is 5.97. The molecule has 0 atom stereocenters. The van der Waals surface area contributed by atoms with E-state index >= 15 is 0 Å². The zero-order chi connectivity index (χ0) is 15.0. The standard InChI is InChI=1S/C13H23N3O3S/c1-4-7-14-13-11-12(6-8-15-13)20(17,18)16(3)9-10-19-5-2/h6,8,11H,4-5,7,9-10H2,1-3H3,(H,14,15). The first-order valence-electron chi connectivity index (χ1n) is 6.76. The number of anilines is 1. The summed E-state index contributed by atoms with van der Waals surface area (Å²) in [6, 6.07) is 3.06. The van der Waals surface area contributed by atoms with Gasteiger partial charge in [-0.2, -0.15) is 4.31 Å². The summed E-state index contributed by atoms with van der Waals surface area (Å²) in [6.07, 6.45) is 2.45. The molecule has 1 N–H and O–H groups in total. The monoisotopic (exact) mass is 301 g/mol. The first-order chi connectivity index (χ1) is 9.52. The fourth-order valence-corrected chi connectivity index (χ4v) is 2.73. The van der Waals surface area contributed by atoms with Crippen molar-refractivity contribution in [2.24, 2.45) is 0 Å². The highest BCUT2D eigenvalue weighted by Gasteiger charge is 2.20. The van der Waals surface area contributed by atoms with Crippen LogP contribution in [0.2, 0.25) is 0 Å². The van der Waals surface area contributed by atoms with Crippen LogP contribution in [0.25, 0.3) is 0 Å². The Morgan fingerprint density at radius 3 is 2.80 bits per heavy atom. The zero-order valence-electron chi connectivity index (χ0n) is 12.3. The second-order valence-electron chi connectivity index (χ2n) is 4.33. The van der Waals surface area contributed by atoms with Crippen molar-refractivity contribution in [2.75, 3.05) is 38.7 Å². The molecule has 1 heterocycles. The van der Waals surface area contributed by atoms with E-state index in [1.54, 1.807) is 13.1 Å². The number of likely N-dealkylation sites (N-methyl/N-ethyl adjacent to an activating group) is 1. The molecule has 0 radical (unpaired) electrons. The van der Waals surface area contributed by atoms with Gasteiger partial charge in [0.1, 0.15) is 5.82 Å². The van der Waals surface area contributed by atoms with E-state index in [9.17, 15) is 8.42 Å². The molecule has 0 aliphatic heterocycles. The van der Waals surface area contributed by atoms with Crippen LogP contribution in [-0.2, 0) is 14.8 Å². The lowest BCUT2D eigenvalue weighted by molar-refractivity contribution is 0.138. The highest BCUT2D eigenvalue weighted by atomic mass is 32.2. The first-order valence-corrected chi connectivity index (χ1v) is 8.20. The Balaban J connectivity index is 2.80. The van der Waals surface area contributed by atoms with E-state index in [1.807, 2.05) is 13.8 Å². The number of aromatic nitrogens is 1. The van der Waals surface area contributed by atoms with Gasteiger partial charge in [-0.3, -0.25) is 0 Å². The number of nitrogens with one attached hydrogen (secondary N) is 1. The van der Waals surface area contributed by atoms with E-state index in [0.717, 1.165) is 13.0 Å². The molecule has 0 aliphatic carbocycles. The number of nitrogens with zero attached hydrogens (tertiary/aromatic N) is 2. The molecule has 0 amide bonds. The van der Waals surface area contributed by atoms with Crippen molar-refractivity contribution >= 4 is 15.8 Å². The Labute approximate surface area is 121 Å². The third-order valence-electron chi connectivity index (χ3n) is 2.75. The molecule has 7 heteroatoms. The lowest BCUT2D eigenvalue weighted by Crippen LogP contribution is -2.30. The molecule has 0 spiro atoms. The maximum absolute atomic E-state index is 12.4. The highest BCUT2D eigenvalue weighted by molar-refractivity contribution is 7.89. The van der Waals surface area contributed by atoms with Crippen molar-refractivity contribution in [2.45, 2.75) is 25.2 Å². The van der Waals surface area contributed by atoms with E-state index in [2.05, 4.69) is 10.3 Å². The van der Waals surface area contributed by atoms with Crippen molar-refractivity contribution in [3.05, 3.63) is 18.3 Å². The van der Waals surface area contributed by atoms with Crippen LogP contribution in [0.1, 0.15) is 20.3 Å². The van der Waals surface area contributed by atoms with E-state index < -0.39 is 10.0 Å². The van der Waals surface area contributed by atoms with Crippen LogP contribution in [0.3, 0.4) is 0 Å². The van der Waals surface area contributed by atoms with Crippen molar-refractivity contribution < 1.29 is 13.2 Å². The third kappa shape index (κ3) is 4.73. The molecule has 0 saturated carbocycles. The average Bonchev–Trinajstić information content (AvgIpc) is 2.45. The molecule has 0 bridgehead atoms. The molecule has 114 valence electrons. The first kappa shape index (κ1) is 16.9. The minimum Gasteiger partial charge on any atom is -0.380 e. The summed E-state index contributed by atoms with van der Waals surface area (Å²) in [5.41, 5.74) is 0. The zero-order valence-corrected chi connectivity index (χ0v) is 13.1. The fraction of sp³-hybridized carbons (Fsp3) is 0.615. The second kappa shape index (κ2) is 8.18. The molecule has 6 nitrogen and oxygen atoms in total. The molecule has 1 rings (SSSR count). The maximum Gasteiger partial charge on any atom is 0.243 e. The predicted octanol–water partition coefficient (Wildman–Crippen LogP) is 1.56. The minimum atomic E-state index is -3.49. The van der Waals surface area contributed by atoms with Gasteiger partial charge in [0.15, 0.2) is 0 Å². The third-order valence-corrected chi connectivity index (χ3v) is 4.60. The number of ether oxygens (including phenoxy) is 1. The van der Waals surface area contributed by atoms with Crippen LogP contribution in [0, 0.1) is 0 Å². The Morgan fingerprint density at radius 2 is 2.15 bits per heavy atom. The van der Waals surface area contributed by atoms with Gasteiger partial charge in [-0.25, -0.2) is 13.4 Å². The van der Waals surface area contributed by atoms with Crippen LogP contribution in [0.4, 0.5) is 5.82 Å². The number of pyridine rings is 1. The van der Waals surface area contributed by atoms with Gasteiger partial charge in [0.2, 0.25) is 10.0 Å². The molecule has 0 unspecified atom stereocenters. The van der Waals surface area contributed by atoms with Crippen molar-refractivity contribution in [1.82, 2.24) is 9.29 Å². The Kier molecular flexibility index (Phi) is 6.90. The molecular formula is C13H23N3O3S. The van der Waals surface area contributed by atoms with E-state index in [1.165, 1.54) is 16.6 Å². The summed E-state index contributed by atoms with van der Waals surface area (Å²) < 4.78 is 31.2. The van der Waals surface area contributed by atoms with E-state index in [-0.39, 0.29) is 4.90 Å². The molecule has 0 aliphatic rings. The highest BCUT2D eigenvalue weighted by Crippen LogP contribution is 2.16. The van der Waals surface area contributed by atoms with Crippen LogP contribution in [0.15, 0.2) is 23.2 Å². The van der Waals surface area contributed by atoms with Gasteiger partial charge < -0.3 is 10.1 Å². The normalized spacial score (nSPS) is 11.8.